The van der Waals surface area contributed by atoms with Crippen molar-refractivity contribution in [1.82, 2.24) is 0 Å². The summed E-state index contributed by atoms with van der Waals surface area (Å²) < 4.78 is 0. The quantitative estimate of drug-likeness (QED) is 0.235. The van der Waals surface area contributed by atoms with Crippen molar-refractivity contribution in [1.29, 1.82) is 0 Å². The minimum absolute atomic E-state index is 0.0653. The molecule has 2 aromatic carbocycles. The van der Waals surface area contributed by atoms with Crippen LogP contribution in [-0.4, -0.2) is 10.1 Å². The van der Waals surface area contributed by atoms with Crippen LogP contribution in [0.25, 0.3) is 10.8 Å². The summed E-state index contributed by atoms with van der Waals surface area (Å²) in [4.78, 5) is 10.4. The normalized spacial score (nSPS) is 10.2. The van der Waals surface area contributed by atoms with Crippen LogP contribution in [0.2, 0.25) is 0 Å². The van der Waals surface area contributed by atoms with Crippen molar-refractivity contribution >= 4 is 22.1 Å². The molecule has 0 heterocycles. The minimum atomic E-state index is -0.668. The van der Waals surface area contributed by atoms with Gasteiger partial charge in [0.25, 0.3) is 0 Å². The number of hydrogen-bond donors (Lipinski definition) is 3. The monoisotopic (exact) mass is 219 g/mol. The van der Waals surface area contributed by atoms with E-state index in [0.29, 0.717) is 10.8 Å². The van der Waals surface area contributed by atoms with Gasteiger partial charge in [-0.05, 0) is 6.07 Å². The van der Waals surface area contributed by atoms with E-state index >= 15 is 0 Å². The van der Waals surface area contributed by atoms with Gasteiger partial charge in [0.15, 0.2) is 5.03 Å². The molecule has 6 heteroatoms. The molecule has 0 saturated heterocycles. The summed E-state index contributed by atoms with van der Waals surface area (Å²) in [5.41, 5.74) is 7.96. The van der Waals surface area contributed by atoms with Crippen molar-refractivity contribution in [3.63, 3.8) is 0 Å². The molecule has 0 aliphatic heterocycles. The molecule has 0 aliphatic carbocycles. The lowest BCUT2D eigenvalue weighted by molar-refractivity contribution is -0.445. The van der Waals surface area contributed by atoms with E-state index in [1.54, 1.807) is 24.3 Å². The number of hydrazine groups is 1. The zero-order valence-electron chi connectivity index (χ0n) is 8.18. The van der Waals surface area contributed by atoms with Crippen molar-refractivity contribution < 1.29 is 10.1 Å². The number of phenolic OH excluding ortho intramolecular Hbond substituents is 1. The molecule has 82 valence electrons. The number of nitrogens with two attached hydrogens (primary N) is 1. The van der Waals surface area contributed by atoms with Crippen LogP contribution >= 0.6 is 0 Å². The molecule has 0 unspecified atom stereocenters. The van der Waals surface area contributed by atoms with Crippen LogP contribution in [0.3, 0.4) is 0 Å². The van der Waals surface area contributed by atoms with E-state index in [0.717, 1.165) is 0 Å². The van der Waals surface area contributed by atoms with Crippen LogP contribution in [0.4, 0.5) is 11.4 Å². The molecular weight excluding hydrogens is 210 g/mol. The Balaban J connectivity index is 2.74. The average molecular weight is 219 g/mol. The molecule has 16 heavy (non-hydrogen) atoms. The van der Waals surface area contributed by atoms with Crippen molar-refractivity contribution in [2.24, 2.45) is 0 Å². The van der Waals surface area contributed by atoms with Crippen LogP contribution in [-0.2, 0) is 0 Å². The SMILES string of the molecule is Nc1cc(N[N+](=O)[O-])c2ccccc2c1O. The number of fused-ring (bicyclic) bond motifs is 1. The third kappa shape index (κ3) is 1.56. The smallest absolute Gasteiger partial charge is 0.162 e. The van der Waals surface area contributed by atoms with E-state index in [1.165, 1.54) is 6.07 Å². The van der Waals surface area contributed by atoms with Crippen LogP contribution in [0.1, 0.15) is 0 Å². The summed E-state index contributed by atoms with van der Waals surface area (Å²) in [6.07, 6.45) is 0. The lowest BCUT2D eigenvalue weighted by atomic mass is 10.1. The van der Waals surface area contributed by atoms with E-state index in [4.69, 9.17) is 5.73 Å². The molecule has 6 nitrogen and oxygen atoms in total. The van der Waals surface area contributed by atoms with Gasteiger partial charge in [-0.25, -0.2) is 10.1 Å². The van der Waals surface area contributed by atoms with Gasteiger partial charge in [-0.2, -0.15) is 0 Å². The second-order valence-corrected chi connectivity index (χ2v) is 3.28. The largest absolute Gasteiger partial charge is 0.505 e. The highest BCUT2D eigenvalue weighted by Gasteiger charge is 2.11. The van der Waals surface area contributed by atoms with Crippen molar-refractivity contribution in [3.05, 3.63) is 40.4 Å². The molecular formula is C10H9N3O3. The molecule has 2 rings (SSSR count). The first-order valence-electron chi connectivity index (χ1n) is 4.51. The molecule has 0 amide bonds. The molecule has 0 fully saturated rings. The maximum atomic E-state index is 10.4. The summed E-state index contributed by atoms with van der Waals surface area (Å²) in [7, 11) is 0. The number of rotatable bonds is 2. The molecule has 0 aromatic heterocycles. The first-order valence-corrected chi connectivity index (χ1v) is 4.51. The number of nitrogens with one attached hydrogen (secondary N) is 1. The number of nitrogens with zero attached hydrogens (tertiary/aromatic N) is 1. The second-order valence-electron chi connectivity index (χ2n) is 3.28. The van der Waals surface area contributed by atoms with Gasteiger partial charge in [0.1, 0.15) is 11.4 Å². The molecule has 0 bridgehead atoms. The van der Waals surface area contributed by atoms with Gasteiger partial charge in [0.05, 0.1) is 5.69 Å². The van der Waals surface area contributed by atoms with Crippen LogP contribution in [0, 0.1) is 10.1 Å². The maximum absolute atomic E-state index is 10.4. The Labute approximate surface area is 90.4 Å². The number of anilines is 2. The minimum Gasteiger partial charge on any atom is -0.505 e. The predicted octanol–water partition coefficient (Wildman–Crippen LogP) is 1.73. The van der Waals surface area contributed by atoms with E-state index < -0.39 is 5.03 Å². The molecule has 4 N–H and O–H groups in total. The maximum Gasteiger partial charge on any atom is 0.162 e. The number of hydrogen-bond acceptors (Lipinski definition) is 4. The number of phenols is 1. The fraction of sp³-hybridized carbons (Fsp3) is 0. The van der Waals surface area contributed by atoms with E-state index in [2.05, 4.69) is 0 Å². The first kappa shape index (κ1) is 10.0. The number of nitro groups is 1. The summed E-state index contributed by atoms with van der Waals surface area (Å²) in [6, 6.07) is 8.09. The third-order valence-electron chi connectivity index (χ3n) is 2.26. The second kappa shape index (κ2) is 3.58. The van der Waals surface area contributed by atoms with Gasteiger partial charge in [0.2, 0.25) is 0 Å². The highest BCUT2D eigenvalue weighted by Crippen LogP contribution is 2.35. The lowest BCUT2D eigenvalue weighted by Gasteiger charge is -2.07. The topological polar surface area (TPSA) is 101 Å². The Morgan fingerprint density at radius 2 is 1.94 bits per heavy atom. The van der Waals surface area contributed by atoms with Crippen molar-refractivity contribution in [3.8, 4) is 5.75 Å². The zero-order chi connectivity index (χ0) is 11.7. The fourth-order valence-corrected chi connectivity index (χ4v) is 1.57. The number of aromatic hydroxyl groups is 1. The number of benzene rings is 2. The Morgan fingerprint density at radius 1 is 1.31 bits per heavy atom. The summed E-state index contributed by atoms with van der Waals surface area (Å²) >= 11 is 0. The van der Waals surface area contributed by atoms with E-state index in [9.17, 15) is 15.2 Å². The molecule has 0 aliphatic rings. The summed E-state index contributed by atoms with van der Waals surface area (Å²) in [5.74, 6) is -0.0653. The van der Waals surface area contributed by atoms with Crippen LogP contribution in [0.5, 0.6) is 5.75 Å². The Hall–Kier alpha value is -2.50. The lowest BCUT2D eigenvalue weighted by Crippen LogP contribution is -2.08. The molecule has 0 spiro atoms. The van der Waals surface area contributed by atoms with Gasteiger partial charge in [0, 0.05) is 10.8 Å². The van der Waals surface area contributed by atoms with Gasteiger partial charge in [-0.1, -0.05) is 24.3 Å². The average Bonchev–Trinajstić information content (AvgIpc) is 2.25. The van der Waals surface area contributed by atoms with Crippen LogP contribution in [0.15, 0.2) is 30.3 Å². The molecule has 0 atom stereocenters. The van der Waals surface area contributed by atoms with Gasteiger partial charge in [-0.15, -0.1) is 5.43 Å². The molecule has 0 saturated carbocycles. The Morgan fingerprint density at radius 3 is 2.56 bits per heavy atom. The van der Waals surface area contributed by atoms with Crippen LogP contribution < -0.4 is 11.2 Å². The fourth-order valence-electron chi connectivity index (χ4n) is 1.57. The Bertz CT molecular complexity index is 568. The zero-order valence-corrected chi connectivity index (χ0v) is 8.18. The summed E-state index contributed by atoms with van der Waals surface area (Å²) in [5, 5.41) is 20.5. The standard InChI is InChI=1S/C10H9N3O3/c11-8-5-9(12-13(15)16)6-3-1-2-4-7(6)10(8)14/h1-5,12,14H,11H2. The highest BCUT2D eigenvalue weighted by atomic mass is 16.7. The molecule has 2 aromatic rings. The van der Waals surface area contributed by atoms with Gasteiger partial charge < -0.3 is 10.8 Å². The predicted molar refractivity (Wildman–Crippen MR) is 60.6 cm³/mol. The summed E-state index contributed by atoms with van der Waals surface area (Å²) in [6.45, 7) is 0. The van der Waals surface area contributed by atoms with Crippen molar-refractivity contribution in [2.75, 3.05) is 11.2 Å². The number of nitrogen functional groups attached to an aromatic ring is 1. The van der Waals surface area contributed by atoms with Gasteiger partial charge in [-0.3, -0.25) is 0 Å². The van der Waals surface area contributed by atoms with Crippen molar-refractivity contribution in [2.45, 2.75) is 0 Å². The highest BCUT2D eigenvalue weighted by molar-refractivity contribution is 6.01. The molecule has 0 radical (unpaired) electrons. The van der Waals surface area contributed by atoms with Gasteiger partial charge >= 0.3 is 0 Å². The third-order valence-corrected chi connectivity index (χ3v) is 2.26. The van der Waals surface area contributed by atoms with E-state index in [-0.39, 0.29) is 17.1 Å². The first-order chi connectivity index (χ1) is 7.59. The van der Waals surface area contributed by atoms with E-state index in [1.807, 2.05) is 5.43 Å². The Kier molecular flexibility index (Phi) is 2.24.